The van der Waals surface area contributed by atoms with Gasteiger partial charge in [-0.15, -0.1) is 0 Å². The fraction of sp³-hybridized carbons (Fsp3) is 0.227. The molecule has 3 aromatic rings. The third-order valence-corrected chi connectivity index (χ3v) is 5.70. The average molecular weight is 406 g/mol. The Labute approximate surface area is 172 Å². The number of carbonyl (C=O) groups is 2. The SMILES string of the molecule is O=C1c2c(O)c3n(c2CCN1Cc1ccc(F)cc1)CCN(c1cccnc1)C3=O. The highest BCUT2D eigenvalue weighted by Gasteiger charge is 2.39. The molecule has 0 spiro atoms. The molecular weight excluding hydrogens is 387 g/mol. The molecule has 0 saturated carbocycles. The van der Waals surface area contributed by atoms with Crippen LogP contribution in [-0.2, 0) is 19.5 Å². The van der Waals surface area contributed by atoms with Crippen LogP contribution in [0, 0.1) is 5.82 Å². The van der Waals surface area contributed by atoms with E-state index in [4.69, 9.17) is 0 Å². The number of pyridine rings is 1. The van der Waals surface area contributed by atoms with Crippen LogP contribution in [0.25, 0.3) is 0 Å². The van der Waals surface area contributed by atoms with Gasteiger partial charge < -0.3 is 19.5 Å². The van der Waals surface area contributed by atoms with Gasteiger partial charge in [0.25, 0.3) is 11.8 Å². The molecular formula is C22H19FN4O3. The average Bonchev–Trinajstić information content (AvgIpc) is 3.06. The van der Waals surface area contributed by atoms with Crippen LogP contribution in [0.2, 0.25) is 0 Å². The van der Waals surface area contributed by atoms with E-state index in [1.165, 1.54) is 12.1 Å². The summed E-state index contributed by atoms with van der Waals surface area (Å²) in [6.45, 7) is 1.70. The van der Waals surface area contributed by atoms with Crippen molar-refractivity contribution in [3.8, 4) is 5.75 Å². The number of anilines is 1. The van der Waals surface area contributed by atoms with Gasteiger partial charge in [-0.25, -0.2) is 4.39 Å². The zero-order valence-corrected chi connectivity index (χ0v) is 16.1. The molecule has 4 heterocycles. The molecule has 2 amide bonds. The number of nitrogens with zero attached hydrogens (tertiary/aromatic N) is 4. The van der Waals surface area contributed by atoms with Gasteiger partial charge in [-0.2, -0.15) is 0 Å². The van der Waals surface area contributed by atoms with E-state index < -0.39 is 0 Å². The normalized spacial score (nSPS) is 15.9. The minimum Gasteiger partial charge on any atom is -0.505 e. The van der Waals surface area contributed by atoms with E-state index in [0.717, 1.165) is 5.56 Å². The fourth-order valence-corrected chi connectivity index (χ4v) is 4.25. The van der Waals surface area contributed by atoms with Crippen molar-refractivity contribution in [2.45, 2.75) is 19.5 Å². The highest BCUT2D eigenvalue weighted by molar-refractivity contribution is 6.11. The summed E-state index contributed by atoms with van der Waals surface area (Å²) < 4.78 is 14.9. The summed E-state index contributed by atoms with van der Waals surface area (Å²) in [5, 5.41) is 10.9. The van der Waals surface area contributed by atoms with Crippen molar-refractivity contribution in [3.05, 3.63) is 77.1 Å². The van der Waals surface area contributed by atoms with Gasteiger partial charge in [-0.05, 0) is 29.8 Å². The third kappa shape index (κ3) is 2.83. The Hall–Kier alpha value is -3.68. The maximum absolute atomic E-state index is 13.2. The Morgan fingerprint density at radius 2 is 1.83 bits per heavy atom. The molecule has 5 rings (SSSR count). The number of hydrogen-bond acceptors (Lipinski definition) is 4. The summed E-state index contributed by atoms with van der Waals surface area (Å²) in [5.41, 5.74) is 2.49. The van der Waals surface area contributed by atoms with Crippen molar-refractivity contribution >= 4 is 17.5 Å². The second-order valence-electron chi connectivity index (χ2n) is 7.44. The topological polar surface area (TPSA) is 78.7 Å². The molecule has 1 aromatic carbocycles. The molecule has 0 aliphatic carbocycles. The second-order valence-corrected chi connectivity index (χ2v) is 7.44. The van der Waals surface area contributed by atoms with Gasteiger partial charge in [0, 0.05) is 44.5 Å². The Morgan fingerprint density at radius 1 is 1.03 bits per heavy atom. The van der Waals surface area contributed by atoms with Crippen LogP contribution in [0.5, 0.6) is 5.75 Å². The molecule has 0 radical (unpaired) electrons. The molecule has 0 saturated heterocycles. The molecule has 2 aliphatic rings. The maximum Gasteiger partial charge on any atom is 0.278 e. The first-order chi connectivity index (χ1) is 14.5. The van der Waals surface area contributed by atoms with Crippen molar-refractivity contribution in [2.24, 2.45) is 0 Å². The van der Waals surface area contributed by atoms with Crippen LogP contribution >= 0.6 is 0 Å². The van der Waals surface area contributed by atoms with Gasteiger partial charge in [0.2, 0.25) is 0 Å². The number of benzene rings is 1. The highest BCUT2D eigenvalue weighted by Crippen LogP contribution is 2.37. The van der Waals surface area contributed by atoms with Crippen LogP contribution in [0.15, 0.2) is 48.8 Å². The number of carbonyl (C=O) groups excluding carboxylic acids is 2. The number of amides is 2. The van der Waals surface area contributed by atoms with Crippen LogP contribution in [-0.4, -0.2) is 44.5 Å². The number of halogens is 1. The smallest absolute Gasteiger partial charge is 0.278 e. The monoisotopic (exact) mass is 406 g/mol. The minimum atomic E-state index is -0.348. The lowest BCUT2D eigenvalue weighted by Crippen LogP contribution is -2.41. The standard InChI is InChI=1S/C22H19FN4O3/c23-15-5-3-14(4-6-15)13-25-9-7-17-18(21(25)29)20(28)19-22(30)26(10-11-27(17)19)16-2-1-8-24-12-16/h1-6,8,12,28H,7,9-11,13H2. The van der Waals surface area contributed by atoms with Gasteiger partial charge in [-0.1, -0.05) is 12.1 Å². The van der Waals surface area contributed by atoms with Gasteiger partial charge in [-0.3, -0.25) is 14.6 Å². The van der Waals surface area contributed by atoms with Crippen LogP contribution in [0.4, 0.5) is 10.1 Å². The first-order valence-corrected chi connectivity index (χ1v) is 9.74. The number of fused-ring (bicyclic) bond motifs is 3. The van der Waals surface area contributed by atoms with E-state index in [9.17, 15) is 19.1 Å². The number of aromatic nitrogens is 2. The number of aromatic hydroxyl groups is 1. The van der Waals surface area contributed by atoms with Crippen molar-refractivity contribution in [2.75, 3.05) is 18.0 Å². The summed E-state index contributed by atoms with van der Waals surface area (Å²) in [6.07, 6.45) is 3.77. The second kappa shape index (κ2) is 6.98. The van der Waals surface area contributed by atoms with E-state index in [-0.39, 0.29) is 34.6 Å². The van der Waals surface area contributed by atoms with Crippen LogP contribution < -0.4 is 4.90 Å². The Bertz CT molecular complexity index is 1140. The molecule has 30 heavy (non-hydrogen) atoms. The van der Waals surface area contributed by atoms with Crippen LogP contribution in [0.3, 0.4) is 0 Å². The largest absolute Gasteiger partial charge is 0.505 e. The minimum absolute atomic E-state index is 0.145. The maximum atomic E-state index is 13.2. The van der Waals surface area contributed by atoms with Crippen molar-refractivity contribution < 1.29 is 19.1 Å². The molecule has 2 aromatic heterocycles. The first-order valence-electron chi connectivity index (χ1n) is 9.74. The Balaban J connectivity index is 1.47. The lowest BCUT2D eigenvalue weighted by molar-refractivity contribution is 0.0721. The highest BCUT2D eigenvalue weighted by atomic mass is 19.1. The number of hydrogen-bond donors (Lipinski definition) is 1. The van der Waals surface area contributed by atoms with Crippen molar-refractivity contribution in [1.82, 2.24) is 14.5 Å². The zero-order chi connectivity index (χ0) is 20.8. The Morgan fingerprint density at radius 3 is 2.57 bits per heavy atom. The molecule has 2 aliphatic heterocycles. The predicted molar refractivity (Wildman–Crippen MR) is 107 cm³/mol. The molecule has 7 nitrogen and oxygen atoms in total. The molecule has 0 bridgehead atoms. The van der Waals surface area contributed by atoms with E-state index in [2.05, 4.69) is 4.98 Å². The molecule has 0 atom stereocenters. The molecule has 152 valence electrons. The summed E-state index contributed by atoms with van der Waals surface area (Å²) in [5.74, 6) is -1.27. The van der Waals surface area contributed by atoms with E-state index in [1.54, 1.807) is 51.0 Å². The molecule has 8 heteroatoms. The fourth-order valence-electron chi connectivity index (χ4n) is 4.25. The number of rotatable bonds is 3. The van der Waals surface area contributed by atoms with E-state index in [1.807, 2.05) is 0 Å². The lowest BCUT2D eigenvalue weighted by atomic mass is 10.0. The zero-order valence-electron chi connectivity index (χ0n) is 16.1. The van der Waals surface area contributed by atoms with Crippen molar-refractivity contribution in [1.29, 1.82) is 0 Å². The summed E-state index contributed by atoms with van der Waals surface area (Å²) in [6, 6.07) is 9.52. The predicted octanol–water partition coefficient (Wildman–Crippen LogP) is 2.59. The Kier molecular flexibility index (Phi) is 4.27. The quantitative estimate of drug-likeness (QED) is 0.725. The van der Waals surface area contributed by atoms with Gasteiger partial charge in [0.1, 0.15) is 11.4 Å². The summed E-state index contributed by atoms with van der Waals surface area (Å²) in [7, 11) is 0. The van der Waals surface area contributed by atoms with Gasteiger partial charge in [0.15, 0.2) is 11.4 Å². The van der Waals surface area contributed by atoms with Gasteiger partial charge in [0.05, 0.1) is 11.9 Å². The summed E-state index contributed by atoms with van der Waals surface area (Å²) in [4.78, 5) is 33.5. The molecule has 1 N–H and O–H groups in total. The van der Waals surface area contributed by atoms with Crippen molar-refractivity contribution in [3.63, 3.8) is 0 Å². The first kappa shape index (κ1) is 18.4. The molecule has 0 fully saturated rings. The van der Waals surface area contributed by atoms with Crippen LogP contribution in [0.1, 0.15) is 32.1 Å². The third-order valence-electron chi connectivity index (χ3n) is 5.70. The van der Waals surface area contributed by atoms with E-state index in [0.29, 0.717) is 44.0 Å². The summed E-state index contributed by atoms with van der Waals surface area (Å²) >= 11 is 0. The van der Waals surface area contributed by atoms with Gasteiger partial charge >= 0.3 is 0 Å². The van der Waals surface area contributed by atoms with E-state index >= 15 is 0 Å². The lowest BCUT2D eigenvalue weighted by Gasteiger charge is -2.30. The molecule has 0 unspecified atom stereocenters.